The Labute approximate surface area is 109 Å². The molecule has 0 aromatic heterocycles. The molecule has 0 radical (unpaired) electrons. The summed E-state index contributed by atoms with van der Waals surface area (Å²) >= 11 is 0. The maximum absolute atomic E-state index is 12.6. The zero-order chi connectivity index (χ0) is 12.8. The van der Waals surface area contributed by atoms with E-state index in [9.17, 15) is 4.79 Å². The Hall–Kier alpha value is -1.35. The van der Waals surface area contributed by atoms with Crippen molar-refractivity contribution in [2.75, 3.05) is 26.3 Å². The van der Waals surface area contributed by atoms with Gasteiger partial charge in [-0.15, -0.1) is 0 Å². The molecule has 1 aliphatic rings. The third-order valence-electron chi connectivity index (χ3n) is 3.40. The van der Waals surface area contributed by atoms with Crippen molar-refractivity contribution in [1.29, 1.82) is 0 Å². The number of hydrogen-bond donors (Lipinski definition) is 0. The SMILES string of the molecule is CCC[C@H](C(=O)N1CCOCC1)c1ccccc1. The van der Waals surface area contributed by atoms with Crippen LogP contribution in [0.15, 0.2) is 30.3 Å². The molecular formula is C15H21NO2. The van der Waals surface area contributed by atoms with Gasteiger partial charge in [-0.05, 0) is 12.0 Å². The van der Waals surface area contributed by atoms with Crippen LogP contribution < -0.4 is 0 Å². The Morgan fingerprint density at radius 1 is 1.28 bits per heavy atom. The van der Waals surface area contributed by atoms with E-state index in [-0.39, 0.29) is 11.8 Å². The first-order valence-electron chi connectivity index (χ1n) is 6.74. The summed E-state index contributed by atoms with van der Waals surface area (Å²) < 4.78 is 5.30. The summed E-state index contributed by atoms with van der Waals surface area (Å²) in [6.45, 7) is 4.92. The smallest absolute Gasteiger partial charge is 0.230 e. The van der Waals surface area contributed by atoms with Crippen LogP contribution in [0.1, 0.15) is 31.2 Å². The predicted molar refractivity (Wildman–Crippen MR) is 71.5 cm³/mol. The molecule has 1 aromatic carbocycles. The maximum Gasteiger partial charge on any atom is 0.230 e. The average Bonchev–Trinajstić information content (AvgIpc) is 2.46. The first kappa shape index (κ1) is 13.1. The first-order chi connectivity index (χ1) is 8.83. The molecule has 1 aliphatic heterocycles. The van der Waals surface area contributed by atoms with Gasteiger partial charge in [0.1, 0.15) is 0 Å². The lowest BCUT2D eigenvalue weighted by atomic mass is 9.93. The minimum absolute atomic E-state index is 0.00861. The summed E-state index contributed by atoms with van der Waals surface area (Å²) in [4.78, 5) is 14.5. The van der Waals surface area contributed by atoms with Crippen LogP contribution in [0.5, 0.6) is 0 Å². The predicted octanol–water partition coefficient (Wildman–Crippen LogP) is 2.43. The van der Waals surface area contributed by atoms with Gasteiger partial charge in [0, 0.05) is 13.1 Å². The number of nitrogens with zero attached hydrogens (tertiary/aromatic N) is 1. The molecular weight excluding hydrogens is 226 g/mol. The van der Waals surface area contributed by atoms with Gasteiger partial charge in [0.15, 0.2) is 0 Å². The number of benzene rings is 1. The van der Waals surface area contributed by atoms with E-state index >= 15 is 0 Å². The van der Waals surface area contributed by atoms with E-state index in [1.165, 1.54) is 0 Å². The van der Waals surface area contributed by atoms with Gasteiger partial charge >= 0.3 is 0 Å². The molecule has 1 aromatic rings. The van der Waals surface area contributed by atoms with Gasteiger partial charge in [-0.25, -0.2) is 0 Å². The Kier molecular flexibility index (Phi) is 4.76. The fourth-order valence-electron chi connectivity index (χ4n) is 2.41. The van der Waals surface area contributed by atoms with Crippen molar-refractivity contribution < 1.29 is 9.53 Å². The molecule has 0 spiro atoms. The summed E-state index contributed by atoms with van der Waals surface area (Å²) in [5, 5.41) is 0. The molecule has 18 heavy (non-hydrogen) atoms. The zero-order valence-corrected chi connectivity index (χ0v) is 11.0. The number of carbonyl (C=O) groups is 1. The number of rotatable bonds is 4. The Morgan fingerprint density at radius 2 is 1.94 bits per heavy atom. The number of amides is 1. The van der Waals surface area contributed by atoms with Crippen molar-refractivity contribution in [2.24, 2.45) is 0 Å². The van der Waals surface area contributed by atoms with Crippen molar-refractivity contribution in [3.05, 3.63) is 35.9 Å². The molecule has 98 valence electrons. The van der Waals surface area contributed by atoms with Crippen LogP contribution in [0.4, 0.5) is 0 Å². The average molecular weight is 247 g/mol. The first-order valence-corrected chi connectivity index (χ1v) is 6.74. The fourth-order valence-corrected chi connectivity index (χ4v) is 2.41. The summed E-state index contributed by atoms with van der Waals surface area (Å²) in [6.07, 6.45) is 1.94. The van der Waals surface area contributed by atoms with Gasteiger partial charge in [-0.1, -0.05) is 43.7 Å². The molecule has 1 heterocycles. The van der Waals surface area contributed by atoms with E-state index in [4.69, 9.17) is 4.74 Å². The highest BCUT2D eigenvalue weighted by atomic mass is 16.5. The Bertz CT molecular complexity index is 371. The van der Waals surface area contributed by atoms with Crippen LogP contribution in [0.3, 0.4) is 0 Å². The van der Waals surface area contributed by atoms with Gasteiger partial charge in [0.2, 0.25) is 5.91 Å². The molecule has 1 saturated heterocycles. The van der Waals surface area contributed by atoms with Gasteiger partial charge < -0.3 is 9.64 Å². The molecule has 2 rings (SSSR count). The third-order valence-corrected chi connectivity index (χ3v) is 3.40. The van der Waals surface area contributed by atoms with Crippen LogP contribution in [0.2, 0.25) is 0 Å². The van der Waals surface area contributed by atoms with Crippen molar-refractivity contribution in [1.82, 2.24) is 4.90 Å². The summed E-state index contributed by atoms with van der Waals surface area (Å²) in [6, 6.07) is 10.1. The highest BCUT2D eigenvalue weighted by molar-refractivity contribution is 5.83. The van der Waals surface area contributed by atoms with Gasteiger partial charge in [-0.2, -0.15) is 0 Å². The van der Waals surface area contributed by atoms with Crippen LogP contribution >= 0.6 is 0 Å². The second kappa shape index (κ2) is 6.55. The van der Waals surface area contributed by atoms with Crippen molar-refractivity contribution in [3.8, 4) is 0 Å². The number of ether oxygens (including phenoxy) is 1. The van der Waals surface area contributed by atoms with E-state index < -0.39 is 0 Å². The van der Waals surface area contributed by atoms with E-state index in [2.05, 4.69) is 19.1 Å². The maximum atomic E-state index is 12.6. The number of morpholine rings is 1. The zero-order valence-electron chi connectivity index (χ0n) is 11.0. The van der Waals surface area contributed by atoms with Crippen LogP contribution in [-0.4, -0.2) is 37.1 Å². The Morgan fingerprint density at radius 3 is 2.56 bits per heavy atom. The second-order valence-electron chi connectivity index (χ2n) is 4.69. The van der Waals surface area contributed by atoms with Crippen LogP contribution in [0.25, 0.3) is 0 Å². The molecule has 1 fully saturated rings. The summed E-state index contributed by atoms with van der Waals surface area (Å²) in [7, 11) is 0. The lowest BCUT2D eigenvalue weighted by Gasteiger charge is -2.30. The van der Waals surface area contributed by atoms with Gasteiger partial charge in [0.25, 0.3) is 0 Å². The lowest BCUT2D eigenvalue weighted by molar-refractivity contribution is -0.137. The highest BCUT2D eigenvalue weighted by Gasteiger charge is 2.26. The van der Waals surface area contributed by atoms with E-state index in [0.717, 1.165) is 31.5 Å². The third kappa shape index (κ3) is 3.10. The molecule has 1 amide bonds. The largest absolute Gasteiger partial charge is 0.378 e. The standard InChI is InChI=1S/C15H21NO2/c1-2-6-14(13-7-4-3-5-8-13)15(17)16-9-11-18-12-10-16/h3-5,7-8,14H,2,6,9-12H2,1H3/t14-/m0/s1. The molecule has 0 bridgehead atoms. The number of carbonyl (C=O) groups excluding carboxylic acids is 1. The molecule has 0 unspecified atom stereocenters. The minimum Gasteiger partial charge on any atom is -0.378 e. The molecule has 3 heteroatoms. The quantitative estimate of drug-likeness (QED) is 0.818. The van der Waals surface area contributed by atoms with Gasteiger partial charge in [-0.3, -0.25) is 4.79 Å². The summed E-state index contributed by atoms with van der Waals surface area (Å²) in [5.74, 6) is 0.264. The normalized spacial score (nSPS) is 17.5. The van der Waals surface area contributed by atoms with E-state index in [1.54, 1.807) is 0 Å². The van der Waals surface area contributed by atoms with E-state index in [1.807, 2.05) is 23.1 Å². The minimum atomic E-state index is 0.00861. The molecule has 1 atom stereocenters. The number of hydrogen-bond acceptors (Lipinski definition) is 2. The molecule has 0 aliphatic carbocycles. The fraction of sp³-hybridized carbons (Fsp3) is 0.533. The second-order valence-corrected chi connectivity index (χ2v) is 4.69. The van der Waals surface area contributed by atoms with Crippen molar-refractivity contribution in [3.63, 3.8) is 0 Å². The summed E-state index contributed by atoms with van der Waals surface area (Å²) in [5.41, 5.74) is 1.14. The molecule has 0 N–H and O–H groups in total. The Balaban J connectivity index is 2.11. The molecule has 0 saturated carbocycles. The monoisotopic (exact) mass is 247 g/mol. The van der Waals surface area contributed by atoms with Crippen molar-refractivity contribution >= 4 is 5.91 Å². The van der Waals surface area contributed by atoms with Gasteiger partial charge in [0.05, 0.1) is 19.1 Å². The van der Waals surface area contributed by atoms with E-state index in [0.29, 0.717) is 13.2 Å². The van der Waals surface area contributed by atoms with Crippen LogP contribution in [0, 0.1) is 0 Å². The molecule has 3 nitrogen and oxygen atoms in total. The van der Waals surface area contributed by atoms with Crippen molar-refractivity contribution in [2.45, 2.75) is 25.7 Å². The lowest BCUT2D eigenvalue weighted by Crippen LogP contribution is -2.43. The van der Waals surface area contributed by atoms with Crippen LogP contribution in [-0.2, 0) is 9.53 Å². The topological polar surface area (TPSA) is 29.5 Å². The highest BCUT2D eigenvalue weighted by Crippen LogP contribution is 2.24.